The van der Waals surface area contributed by atoms with Crippen LogP contribution in [0.2, 0.25) is 5.15 Å². The van der Waals surface area contributed by atoms with Crippen LogP contribution in [0.3, 0.4) is 0 Å². The van der Waals surface area contributed by atoms with E-state index >= 15 is 0 Å². The Balaban J connectivity index is 1.59. The topological polar surface area (TPSA) is 89.4 Å². The van der Waals surface area contributed by atoms with Crippen LogP contribution in [0, 0.1) is 5.92 Å². The van der Waals surface area contributed by atoms with Gasteiger partial charge in [0.2, 0.25) is 0 Å². The first-order chi connectivity index (χ1) is 14.7. The maximum absolute atomic E-state index is 11.6. The summed E-state index contributed by atoms with van der Waals surface area (Å²) in [6.45, 7) is 2.71. The highest BCUT2D eigenvalue weighted by molar-refractivity contribution is 6.31. The van der Waals surface area contributed by atoms with Gasteiger partial charge in [-0.15, -0.1) is 10.2 Å². The van der Waals surface area contributed by atoms with Gasteiger partial charge in [-0.25, -0.2) is 4.98 Å². The fourth-order valence-corrected chi connectivity index (χ4v) is 4.78. The number of halogens is 1. The molecule has 0 aliphatic heterocycles. The molecule has 1 fully saturated rings. The van der Waals surface area contributed by atoms with Gasteiger partial charge in [0.15, 0.2) is 17.3 Å². The molecular weight excluding hydrogens is 400 g/mol. The zero-order valence-corrected chi connectivity index (χ0v) is 18.0. The van der Waals surface area contributed by atoms with Crippen molar-refractivity contribution in [2.24, 2.45) is 5.92 Å². The number of unbranched alkanes of at least 4 members (excludes halogenated alkanes) is 1. The summed E-state index contributed by atoms with van der Waals surface area (Å²) in [4.78, 5) is 16.0. The number of rotatable bonds is 9. The van der Waals surface area contributed by atoms with Gasteiger partial charge in [0.05, 0.1) is 5.92 Å². The largest absolute Gasteiger partial charge is 0.320 e. The van der Waals surface area contributed by atoms with Gasteiger partial charge in [-0.3, -0.25) is 4.79 Å². The number of imidazole rings is 1. The Bertz CT molecular complexity index is 960. The number of aryl methyl sites for hydroxylation is 1. The van der Waals surface area contributed by atoms with Gasteiger partial charge in [-0.1, -0.05) is 67.3 Å². The predicted octanol–water partition coefficient (Wildman–Crippen LogP) is 4.58. The van der Waals surface area contributed by atoms with E-state index < -0.39 is 0 Å². The molecule has 4 rings (SSSR count). The Kier molecular flexibility index (Phi) is 6.57. The number of carbonyl (C=O) groups is 1. The Morgan fingerprint density at radius 1 is 1.27 bits per heavy atom. The van der Waals surface area contributed by atoms with Crippen molar-refractivity contribution in [2.45, 2.75) is 64.3 Å². The molecule has 0 spiro atoms. The van der Waals surface area contributed by atoms with Crippen LogP contribution in [0.25, 0.3) is 0 Å². The minimum atomic E-state index is 0.161. The second-order valence-corrected chi connectivity index (χ2v) is 8.40. The Morgan fingerprint density at radius 3 is 2.67 bits per heavy atom. The van der Waals surface area contributed by atoms with Gasteiger partial charge < -0.3 is 4.57 Å². The fourth-order valence-electron chi connectivity index (χ4n) is 4.53. The van der Waals surface area contributed by atoms with Crippen LogP contribution in [0.15, 0.2) is 24.3 Å². The number of benzene rings is 1. The molecule has 1 N–H and O–H groups in total. The standard InChI is InChI=1S/C22H27ClN6O/c1-2-3-8-19-24-21(23)18(14-30)29(19)13-15-9-11-17(12-10-15)20(16-6-4-5-7-16)22-25-27-28-26-22/h9-12,14,16,20H,2-8,13H2,1H3,(H,25,26,27,28). The first-order valence-corrected chi connectivity index (χ1v) is 11.1. The molecule has 7 nitrogen and oxygen atoms in total. The van der Waals surface area contributed by atoms with Crippen molar-refractivity contribution < 1.29 is 4.79 Å². The summed E-state index contributed by atoms with van der Waals surface area (Å²) in [5.74, 6) is 2.33. The van der Waals surface area contributed by atoms with Crippen molar-refractivity contribution in [3.63, 3.8) is 0 Å². The third-order valence-corrected chi connectivity index (χ3v) is 6.38. The Hall–Kier alpha value is -2.54. The van der Waals surface area contributed by atoms with Crippen molar-refractivity contribution in [3.8, 4) is 0 Å². The van der Waals surface area contributed by atoms with Gasteiger partial charge in [0, 0.05) is 13.0 Å². The van der Waals surface area contributed by atoms with Crippen LogP contribution in [-0.2, 0) is 13.0 Å². The van der Waals surface area contributed by atoms with E-state index in [0.717, 1.165) is 42.8 Å². The summed E-state index contributed by atoms with van der Waals surface area (Å²) < 4.78 is 1.94. The summed E-state index contributed by atoms with van der Waals surface area (Å²) in [6.07, 6.45) is 8.58. The average molecular weight is 427 g/mol. The van der Waals surface area contributed by atoms with Crippen molar-refractivity contribution >= 4 is 17.9 Å². The normalized spacial score (nSPS) is 15.5. The third-order valence-electron chi connectivity index (χ3n) is 6.10. The number of H-pyrrole nitrogens is 1. The lowest BCUT2D eigenvalue weighted by molar-refractivity contribution is 0.111. The van der Waals surface area contributed by atoms with Crippen molar-refractivity contribution in [2.75, 3.05) is 0 Å². The summed E-state index contributed by atoms with van der Waals surface area (Å²) in [6, 6.07) is 8.53. The van der Waals surface area contributed by atoms with Crippen LogP contribution in [0.5, 0.6) is 0 Å². The van der Waals surface area contributed by atoms with E-state index in [1.54, 1.807) is 0 Å². The van der Waals surface area contributed by atoms with Crippen LogP contribution in [0.4, 0.5) is 0 Å². The lowest BCUT2D eigenvalue weighted by Crippen LogP contribution is -2.14. The molecule has 1 saturated carbocycles. The number of hydrogen-bond acceptors (Lipinski definition) is 5. The molecule has 0 bridgehead atoms. The maximum Gasteiger partial charge on any atom is 0.182 e. The molecule has 1 aliphatic carbocycles. The molecule has 1 unspecified atom stereocenters. The number of nitrogens with zero attached hydrogens (tertiary/aromatic N) is 5. The van der Waals surface area contributed by atoms with E-state index in [0.29, 0.717) is 18.2 Å². The zero-order chi connectivity index (χ0) is 20.9. The first-order valence-electron chi connectivity index (χ1n) is 10.7. The molecular formula is C22H27ClN6O. The molecule has 0 radical (unpaired) electrons. The molecule has 30 heavy (non-hydrogen) atoms. The summed E-state index contributed by atoms with van der Waals surface area (Å²) in [7, 11) is 0. The van der Waals surface area contributed by atoms with E-state index in [4.69, 9.17) is 11.6 Å². The van der Waals surface area contributed by atoms with Gasteiger partial charge in [-0.05, 0) is 36.3 Å². The number of carbonyl (C=O) groups excluding carboxylic acids is 1. The highest BCUT2D eigenvalue weighted by Gasteiger charge is 2.30. The van der Waals surface area contributed by atoms with E-state index in [1.807, 2.05) is 4.57 Å². The molecule has 1 aliphatic rings. The zero-order valence-electron chi connectivity index (χ0n) is 17.2. The van der Waals surface area contributed by atoms with Crippen molar-refractivity contribution in [3.05, 3.63) is 57.9 Å². The minimum Gasteiger partial charge on any atom is -0.320 e. The lowest BCUT2D eigenvalue weighted by atomic mass is 9.84. The van der Waals surface area contributed by atoms with Crippen LogP contribution in [0.1, 0.15) is 84.6 Å². The van der Waals surface area contributed by atoms with Crippen molar-refractivity contribution in [1.29, 1.82) is 0 Å². The fraction of sp³-hybridized carbons (Fsp3) is 0.500. The first kappa shape index (κ1) is 20.7. The quantitative estimate of drug-likeness (QED) is 0.506. The minimum absolute atomic E-state index is 0.161. The lowest BCUT2D eigenvalue weighted by Gasteiger charge is -2.21. The number of nitrogens with one attached hydrogen (secondary N) is 1. The number of hydrogen-bond donors (Lipinski definition) is 1. The van der Waals surface area contributed by atoms with E-state index in [2.05, 4.69) is 56.8 Å². The molecule has 3 aromatic rings. The Labute approximate surface area is 181 Å². The highest BCUT2D eigenvalue weighted by atomic mass is 35.5. The molecule has 1 atom stereocenters. The second-order valence-electron chi connectivity index (χ2n) is 8.05. The summed E-state index contributed by atoms with van der Waals surface area (Å²) >= 11 is 6.21. The molecule has 8 heteroatoms. The maximum atomic E-state index is 11.6. The van der Waals surface area contributed by atoms with Gasteiger partial charge >= 0.3 is 0 Å². The monoisotopic (exact) mass is 426 g/mol. The van der Waals surface area contributed by atoms with E-state index in [1.165, 1.54) is 31.2 Å². The number of aromatic nitrogens is 6. The van der Waals surface area contributed by atoms with Crippen LogP contribution >= 0.6 is 11.6 Å². The molecule has 2 aromatic heterocycles. The summed E-state index contributed by atoms with van der Waals surface area (Å²) in [5.41, 5.74) is 2.76. The summed E-state index contributed by atoms with van der Waals surface area (Å²) in [5, 5.41) is 15.2. The van der Waals surface area contributed by atoms with Crippen molar-refractivity contribution in [1.82, 2.24) is 30.2 Å². The second kappa shape index (κ2) is 9.51. The van der Waals surface area contributed by atoms with Crippen LogP contribution in [-0.4, -0.2) is 36.5 Å². The molecule has 2 heterocycles. The molecule has 0 saturated heterocycles. The predicted molar refractivity (Wildman–Crippen MR) is 115 cm³/mol. The van der Waals surface area contributed by atoms with E-state index in [9.17, 15) is 4.79 Å². The number of aromatic amines is 1. The van der Waals surface area contributed by atoms with Gasteiger partial charge in [-0.2, -0.15) is 5.21 Å². The molecule has 0 amide bonds. The molecule has 158 valence electrons. The average Bonchev–Trinajstić information content (AvgIpc) is 3.51. The molecule has 1 aromatic carbocycles. The number of aldehydes is 1. The van der Waals surface area contributed by atoms with Gasteiger partial charge in [0.25, 0.3) is 0 Å². The van der Waals surface area contributed by atoms with Gasteiger partial charge in [0.1, 0.15) is 11.5 Å². The smallest absolute Gasteiger partial charge is 0.182 e. The highest BCUT2D eigenvalue weighted by Crippen LogP contribution is 2.40. The third kappa shape index (κ3) is 4.31. The Morgan fingerprint density at radius 2 is 2.03 bits per heavy atom. The van der Waals surface area contributed by atoms with Crippen LogP contribution < -0.4 is 0 Å². The van der Waals surface area contributed by atoms with E-state index in [-0.39, 0.29) is 11.1 Å². The number of tetrazole rings is 1. The SMILES string of the molecule is CCCCc1nc(Cl)c(C=O)n1Cc1ccc(C(c2nn[nH]n2)C2CCCC2)cc1.